The first kappa shape index (κ1) is 21.0. The number of aromatic nitrogens is 2. The standard InChI is InChI=1S/C20H25FN6O2S/c1-25(2)9-10-30-20-24-23-19(29-20)18-15-11-14(21)5-6-16(15)27(17(28)12-22-18)13-26-7-3-4-8-26/h5-6,11H,3-4,7-10,12-13H2,1-2H3. The SMILES string of the molecule is CN(C)CCSc1nnc(C2=NCC(=O)N(CN3CCCC3)c3ccc(F)cc32)o1. The molecule has 0 N–H and O–H groups in total. The molecular weight excluding hydrogens is 407 g/mol. The quantitative estimate of drug-likeness (QED) is 0.620. The van der Waals surface area contributed by atoms with Crippen molar-refractivity contribution in [3.63, 3.8) is 0 Å². The van der Waals surface area contributed by atoms with Gasteiger partial charge in [-0.25, -0.2) is 4.39 Å². The van der Waals surface area contributed by atoms with Crippen molar-refractivity contribution in [1.82, 2.24) is 20.0 Å². The summed E-state index contributed by atoms with van der Waals surface area (Å²) in [6, 6.07) is 4.37. The van der Waals surface area contributed by atoms with E-state index in [1.54, 1.807) is 11.0 Å². The second-order valence-corrected chi connectivity index (χ2v) is 8.69. The third-order valence-corrected chi connectivity index (χ3v) is 5.89. The van der Waals surface area contributed by atoms with Gasteiger partial charge in [-0.2, -0.15) is 0 Å². The topological polar surface area (TPSA) is 78.1 Å². The molecule has 1 aromatic carbocycles. The molecule has 1 saturated heterocycles. The molecule has 0 spiro atoms. The summed E-state index contributed by atoms with van der Waals surface area (Å²) in [5, 5.41) is 8.63. The molecule has 4 rings (SSSR count). The van der Waals surface area contributed by atoms with E-state index in [0.29, 0.717) is 28.9 Å². The third-order valence-electron chi connectivity index (χ3n) is 5.09. The number of amides is 1. The van der Waals surface area contributed by atoms with Gasteiger partial charge in [0.25, 0.3) is 11.1 Å². The molecule has 0 unspecified atom stereocenters. The smallest absolute Gasteiger partial charge is 0.276 e. The van der Waals surface area contributed by atoms with Crippen LogP contribution in [0.4, 0.5) is 10.1 Å². The van der Waals surface area contributed by atoms with Gasteiger partial charge in [-0.15, -0.1) is 10.2 Å². The Labute approximate surface area is 179 Å². The number of hydrogen-bond donors (Lipinski definition) is 0. The van der Waals surface area contributed by atoms with Crippen molar-refractivity contribution in [2.75, 3.05) is 57.6 Å². The van der Waals surface area contributed by atoms with Crippen LogP contribution in [0.25, 0.3) is 0 Å². The van der Waals surface area contributed by atoms with Gasteiger partial charge in [-0.1, -0.05) is 11.8 Å². The van der Waals surface area contributed by atoms with Crippen molar-refractivity contribution >= 4 is 29.1 Å². The fraction of sp³-hybridized carbons (Fsp3) is 0.500. The van der Waals surface area contributed by atoms with E-state index in [4.69, 9.17) is 4.42 Å². The molecule has 10 heteroatoms. The van der Waals surface area contributed by atoms with E-state index >= 15 is 0 Å². The lowest BCUT2D eigenvalue weighted by Gasteiger charge is -2.27. The van der Waals surface area contributed by atoms with Crippen LogP contribution in [0.2, 0.25) is 0 Å². The lowest BCUT2D eigenvalue weighted by atomic mass is 10.1. The second kappa shape index (κ2) is 9.23. The number of anilines is 1. The minimum atomic E-state index is -0.406. The number of aliphatic imine (C=N–C) groups is 1. The number of rotatable bonds is 7. The average Bonchev–Trinajstić information content (AvgIpc) is 3.36. The fourth-order valence-electron chi connectivity index (χ4n) is 3.53. The van der Waals surface area contributed by atoms with Crippen LogP contribution >= 0.6 is 11.8 Å². The number of thioether (sulfide) groups is 1. The van der Waals surface area contributed by atoms with E-state index in [2.05, 4.69) is 25.0 Å². The molecule has 0 radical (unpaired) electrons. The molecule has 160 valence electrons. The number of carbonyl (C=O) groups excluding carboxylic acids is 1. The Hall–Kier alpha value is -2.30. The van der Waals surface area contributed by atoms with Gasteiger partial charge in [-0.05, 0) is 58.2 Å². The molecule has 0 bridgehead atoms. The Morgan fingerprint density at radius 2 is 2.03 bits per heavy atom. The molecule has 1 fully saturated rings. The van der Waals surface area contributed by atoms with Gasteiger partial charge in [-0.3, -0.25) is 19.6 Å². The predicted octanol–water partition coefficient (Wildman–Crippen LogP) is 2.10. The molecule has 0 aliphatic carbocycles. The van der Waals surface area contributed by atoms with E-state index in [0.717, 1.165) is 38.2 Å². The minimum Gasteiger partial charge on any atom is -0.410 e. The molecule has 1 aromatic heterocycles. The molecule has 2 aromatic rings. The Morgan fingerprint density at radius 1 is 1.23 bits per heavy atom. The number of benzene rings is 1. The first-order valence-corrected chi connectivity index (χ1v) is 11.0. The lowest BCUT2D eigenvalue weighted by molar-refractivity contribution is -0.117. The Bertz CT molecular complexity index is 941. The predicted molar refractivity (Wildman–Crippen MR) is 114 cm³/mol. The highest BCUT2D eigenvalue weighted by molar-refractivity contribution is 7.99. The van der Waals surface area contributed by atoms with Crippen LogP contribution in [-0.4, -0.2) is 84.3 Å². The maximum absolute atomic E-state index is 14.1. The molecule has 2 aliphatic heterocycles. The van der Waals surface area contributed by atoms with Crippen LogP contribution in [0.1, 0.15) is 24.3 Å². The summed E-state index contributed by atoms with van der Waals surface area (Å²) < 4.78 is 19.9. The molecule has 0 atom stereocenters. The van der Waals surface area contributed by atoms with Crippen molar-refractivity contribution in [3.05, 3.63) is 35.5 Å². The van der Waals surface area contributed by atoms with E-state index in [-0.39, 0.29) is 18.3 Å². The van der Waals surface area contributed by atoms with Crippen LogP contribution in [0.3, 0.4) is 0 Å². The molecule has 3 heterocycles. The molecule has 0 saturated carbocycles. The minimum absolute atomic E-state index is 0.0506. The van der Waals surface area contributed by atoms with Crippen molar-refractivity contribution < 1.29 is 13.6 Å². The number of fused-ring (bicyclic) bond motifs is 1. The van der Waals surface area contributed by atoms with Crippen LogP contribution in [-0.2, 0) is 4.79 Å². The number of carbonyl (C=O) groups is 1. The maximum Gasteiger partial charge on any atom is 0.276 e. The largest absolute Gasteiger partial charge is 0.410 e. The van der Waals surface area contributed by atoms with Crippen molar-refractivity contribution in [1.29, 1.82) is 0 Å². The van der Waals surface area contributed by atoms with Crippen LogP contribution in [0.15, 0.2) is 32.8 Å². The second-order valence-electron chi connectivity index (χ2n) is 7.64. The number of likely N-dealkylation sites (tertiary alicyclic amines) is 1. The van der Waals surface area contributed by atoms with Crippen molar-refractivity contribution in [3.8, 4) is 0 Å². The molecule has 1 amide bonds. The highest BCUT2D eigenvalue weighted by Crippen LogP contribution is 2.29. The van der Waals surface area contributed by atoms with Gasteiger partial charge in [0, 0.05) is 17.9 Å². The van der Waals surface area contributed by atoms with Crippen molar-refractivity contribution in [2.24, 2.45) is 4.99 Å². The number of benzodiazepines with no additional fused rings is 1. The zero-order chi connectivity index (χ0) is 21.1. The van der Waals surface area contributed by atoms with Gasteiger partial charge in [0.1, 0.15) is 18.1 Å². The molecule has 8 nitrogen and oxygen atoms in total. The zero-order valence-electron chi connectivity index (χ0n) is 17.2. The van der Waals surface area contributed by atoms with E-state index in [1.165, 1.54) is 23.9 Å². The van der Waals surface area contributed by atoms with Gasteiger partial charge < -0.3 is 9.32 Å². The van der Waals surface area contributed by atoms with Gasteiger partial charge in [0.05, 0.1) is 12.4 Å². The number of hydrogen-bond acceptors (Lipinski definition) is 8. The average molecular weight is 433 g/mol. The highest BCUT2D eigenvalue weighted by Gasteiger charge is 2.29. The Kier molecular flexibility index (Phi) is 6.45. The maximum atomic E-state index is 14.1. The summed E-state index contributed by atoms with van der Waals surface area (Å²) in [6.07, 6.45) is 2.24. The number of nitrogens with zero attached hydrogens (tertiary/aromatic N) is 6. The normalized spacial score (nSPS) is 17.4. The molecule has 2 aliphatic rings. The third kappa shape index (κ3) is 4.71. The van der Waals surface area contributed by atoms with Crippen LogP contribution in [0, 0.1) is 5.82 Å². The van der Waals surface area contributed by atoms with Gasteiger partial charge in [0.15, 0.2) is 0 Å². The Morgan fingerprint density at radius 3 is 2.80 bits per heavy atom. The summed E-state index contributed by atoms with van der Waals surface area (Å²) in [5.74, 6) is 0.459. The van der Waals surface area contributed by atoms with E-state index in [9.17, 15) is 9.18 Å². The summed E-state index contributed by atoms with van der Waals surface area (Å²) >= 11 is 1.45. The fourth-order valence-corrected chi connectivity index (χ4v) is 4.39. The summed E-state index contributed by atoms with van der Waals surface area (Å²) in [7, 11) is 3.99. The zero-order valence-corrected chi connectivity index (χ0v) is 18.0. The highest BCUT2D eigenvalue weighted by atomic mass is 32.2. The summed E-state index contributed by atoms with van der Waals surface area (Å²) in [4.78, 5) is 23.3. The van der Waals surface area contributed by atoms with E-state index < -0.39 is 5.82 Å². The van der Waals surface area contributed by atoms with Gasteiger partial charge in [0.2, 0.25) is 5.91 Å². The summed E-state index contributed by atoms with van der Waals surface area (Å²) in [6.45, 7) is 3.19. The first-order chi connectivity index (χ1) is 14.5. The Balaban J connectivity index is 1.62. The van der Waals surface area contributed by atoms with Crippen LogP contribution in [0.5, 0.6) is 0 Å². The molecular formula is C20H25FN6O2S. The lowest BCUT2D eigenvalue weighted by Crippen LogP contribution is -2.41. The van der Waals surface area contributed by atoms with Gasteiger partial charge >= 0.3 is 0 Å². The first-order valence-electron chi connectivity index (χ1n) is 10.00. The van der Waals surface area contributed by atoms with Crippen molar-refractivity contribution in [2.45, 2.75) is 18.1 Å². The van der Waals surface area contributed by atoms with Crippen LogP contribution < -0.4 is 4.90 Å². The monoisotopic (exact) mass is 432 g/mol. The van der Waals surface area contributed by atoms with E-state index in [1.807, 2.05) is 14.1 Å². The summed E-state index contributed by atoms with van der Waals surface area (Å²) in [5.41, 5.74) is 1.46. The number of halogens is 1. The molecule has 30 heavy (non-hydrogen) atoms.